The zero-order valence-corrected chi connectivity index (χ0v) is 18.1. The van der Waals surface area contributed by atoms with Crippen molar-refractivity contribution in [1.82, 2.24) is 9.97 Å². The highest BCUT2D eigenvalue weighted by Gasteiger charge is 2.21. The summed E-state index contributed by atoms with van der Waals surface area (Å²) in [5, 5.41) is 3.14. The van der Waals surface area contributed by atoms with Crippen LogP contribution in [-0.4, -0.2) is 44.1 Å². The van der Waals surface area contributed by atoms with Gasteiger partial charge in [-0.05, 0) is 42.3 Å². The van der Waals surface area contributed by atoms with Gasteiger partial charge < -0.3 is 10.2 Å². The third-order valence-corrected chi connectivity index (χ3v) is 6.41. The van der Waals surface area contributed by atoms with Crippen molar-refractivity contribution in [2.45, 2.75) is 12.8 Å². The molecule has 1 aromatic carbocycles. The van der Waals surface area contributed by atoms with Gasteiger partial charge in [-0.3, -0.25) is 14.1 Å². The molecule has 31 heavy (non-hydrogen) atoms. The Morgan fingerprint density at radius 2 is 1.77 bits per heavy atom. The number of pyridine rings is 2. The van der Waals surface area contributed by atoms with Gasteiger partial charge in [0.25, 0.3) is 0 Å². The molecule has 0 aliphatic carbocycles. The van der Waals surface area contributed by atoms with E-state index in [0.717, 1.165) is 36.0 Å². The zero-order chi connectivity index (χ0) is 22.0. The van der Waals surface area contributed by atoms with Gasteiger partial charge in [-0.1, -0.05) is 12.1 Å². The Kier molecular flexibility index (Phi) is 5.60. The number of rotatable bonds is 6. The summed E-state index contributed by atoms with van der Waals surface area (Å²) in [6.07, 6.45) is 7.52. The average Bonchev–Trinajstić information content (AvgIpc) is 3.19. The Balaban J connectivity index is 1.47. The highest BCUT2D eigenvalue weighted by atomic mass is 32.2. The topological polar surface area (TPSA) is 95.5 Å². The molecular formula is C22H23N5O3S. The second kappa shape index (κ2) is 8.35. The lowest BCUT2D eigenvalue weighted by atomic mass is 10.1. The molecule has 0 atom stereocenters. The molecule has 4 rings (SSSR count). The fraction of sp³-hybridized carbons (Fsp3) is 0.227. The molecule has 1 saturated heterocycles. The van der Waals surface area contributed by atoms with Gasteiger partial charge in [0.1, 0.15) is 5.82 Å². The monoisotopic (exact) mass is 437 g/mol. The Morgan fingerprint density at radius 3 is 2.39 bits per heavy atom. The van der Waals surface area contributed by atoms with Gasteiger partial charge in [-0.15, -0.1) is 0 Å². The summed E-state index contributed by atoms with van der Waals surface area (Å²) in [7, 11) is -1.88. The van der Waals surface area contributed by atoms with Crippen molar-refractivity contribution in [3.05, 3.63) is 61.1 Å². The van der Waals surface area contributed by atoms with E-state index in [1.807, 2.05) is 41.3 Å². The van der Waals surface area contributed by atoms with Crippen molar-refractivity contribution in [2.24, 2.45) is 0 Å². The SMILES string of the molecule is CN(c1cncc(Nc2ccc(-c3ccc(N4CCCC4=O)cc3)cn2)c1)S(C)(=O)=O. The summed E-state index contributed by atoms with van der Waals surface area (Å²) < 4.78 is 24.6. The van der Waals surface area contributed by atoms with Gasteiger partial charge in [0.2, 0.25) is 15.9 Å². The number of nitrogens with one attached hydrogen (secondary N) is 1. The summed E-state index contributed by atoms with van der Waals surface area (Å²) in [4.78, 5) is 22.3. The first-order valence-electron chi connectivity index (χ1n) is 9.84. The van der Waals surface area contributed by atoms with Crippen LogP contribution in [0, 0.1) is 0 Å². The summed E-state index contributed by atoms with van der Waals surface area (Å²) in [5.41, 5.74) is 3.97. The quantitative estimate of drug-likeness (QED) is 0.635. The molecule has 0 saturated carbocycles. The van der Waals surface area contributed by atoms with Gasteiger partial charge in [0, 0.05) is 37.5 Å². The number of amides is 1. The highest BCUT2D eigenvalue weighted by molar-refractivity contribution is 7.92. The largest absolute Gasteiger partial charge is 0.339 e. The Bertz CT molecular complexity index is 1190. The molecule has 1 aliphatic rings. The molecule has 1 N–H and O–H groups in total. The molecule has 1 fully saturated rings. The summed E-state index contributed by atoms with van der Waals surface area (Å²) in [6.45, 7) is 0.774. The van der Waals surface area contributed by atoms with Crippen molar-refractivity contribution in [1.29, 1.82) is 0 Å². The van der Waals surface area contributed by atoms with Gasteiger partial charge in [-0.2, -0.15) is 0 Å². The van der Waals surface area contributed by atoms with Gasteiger partial charge in [0.05, 0.1) is 30.0 Å². The van der Waals surface area contributed by atoms with E-state index in [1.54, 1.807) is 18.5 Å². The van der Waals surface area contributed by atoms with E-state index in [-0.39, 0.29) is 5.91 Å². The standard InChI is InChI=1S/C22H23N5O3S/c1-26(31(2,29)30)20-12-18(14-23-15-20)25-21-10-7-17(13-24-21)16-5-8-19(9-6-16)27-11-3-4-22(27)28/h5-10,12-15H,3-4,11H2,1-2H3,(H,24,25). The summed E-state index contributed by atoms with van der Waals surface area (Å²) in [6, 6.07) is 13.4. The third kappa shape index (κ3) is 4.66. The molecule has 160 valence electrons. The molecule has 0 unspecified atom stereocenters. The number of benzene rings is 1. The molecule has 2 aromatic heterocycles. The van der Waals surface area contributed by atoms with Crippen LogP contribution in [0.25, 0.3) is 11.1 Å². The van der Waals surface area contributed by atoms with Crippen molar-refractivity contribution in [3.63, 3.8) is 0 Å². The smallest absolute Gasteiger partial charge is 0.232 e. The fourth-order valence-electron chi connectivity index (χ4n) is 3.40. The van der Waals surface area contributed by atoms with Crippen LogP contribution in [0.3, 0.4) is 0 Å². The van der Waals surface area contributed by atoms with Crippen LogP contribution in [0.15, 0.2) is 61.1 Å². The first-order valence-corrected chi connectivity index (χ1v) is 11.7. The molecule has 0 radical (unpaired) electrons. The minimum atomic E-state index is -3.37. The summed E-state index contributed by atoms with van der Waals surface area (Å²) >= 11 is 0. The fourth-order valence-corrected chi connectivity index (χ4v) is 3.88. The second-order valence-electron chi connectivity index (χ2n) is 7.42. The van der Waals surface area contributed by atoms with Crippen LogP contribution in [0.5, 0.6) is 0 Å². The van der Waals surface area contributed by atoms with Gasteiger partial charge >= 0.3 is 0 Å². The van der Waals surface area contributed by atoms with E-state index in [2.05, 4.69) is 15.3 Å². The number of nitrogens with zero attached hydrogens (tertiary/aromatic N) is 4. The predicted octanol–water partition coefficient (Wildman–Crippen LogP) is 3.41. The first-order chi connectivity index (χ1) is 14.8. The van der Waals surface area contributed by atoms with E-state index in [4.69, 9.17) is 0 Å². The maximum atomic E-state index is 11.9. The minimum Gasteiger partial charge on any atom is -0.339 e. The Labute approximate surface area is 181 Å². The van der Waals surface area contributed by atoms with Crippen LogP contribution >= 0.6 is 0 Å². The number of aromatic nitrogens is 2. The van der Waals surface area contributed by atoms with Crippen molar-refractivity contribution in [3.8, 4) is 11.1 Å². The normalized spacial score (nSPS) is 14.0. The molecule has 3 heterocycles. The van der Waals surface area contributed by atoms with E-state index < -0.39 is 10.0 Å². The molecule has 0 bridgehead atoms. The van der Waals surface area contributed by atoms with E-state index >= 15 is 0 Å². The van der Waals surface area contributed by atoms with Crippen LogP contribution in [0.2, 0.25) is 0 Å². The number of sulfonamides is 1. The first kappa shape index (κ1) is 20.8. The van der Waals surface area contributed by atoms with Crippen molar-refractivity contribution < 1.29 is 13.2 Å². The van der Waals surface area contributed by atoms with E-state index in [1.165, 1.54) is 17.5 Å². The number of carbonyl (C=O) groups is 1. The number of hydrogen-bond donors (Lipinski definition) is 1. The van der Waals surface area contributed by atoms with Crippen LogP contribution in [-0.2, 0) is 14.8 Å². The molecule has 8 nitrogen and oxygen atoms in total. The van der Waals surface area contributed by atoms with E-state index in [0.29, 0.717) is 23.6 Å². The molecular weight excluding hydrogens is 414 g/mol. The zero-order valence-electron chi connectivity index (χ0n) is 17.3. The Morgan fingerprint density at radius 1 is 1.03 bits per heavy atom. The maximum Gasteiger partial charge on any atom is 0.232 e. The lowest BCUT2D eigenvalue weighted by Crippen LogP contribution is -2.24. The predicted molar refractivity (Wildman–Crippen MR) is 122 cm³/mol. The maximum absolute atomic E-state index is 11.9. The lowest BCUT2D eigenvalue weighted by Gasteiger charge is -2.17. The third-order valence-electron chi connectivity index (χ3n) is 5.21. The average molecular weight is 438 g/mol. The number of anilines is 4. The van der Waals surface area contributed by atoms with Gasteiger partial charge in [0.15, 0.2) is 0 Å². The van der Waals surface area contributed by atoms with Crippen LogP contribution in [0.4, 0.5) is 22.9 Å². The molecule has 9 heteroatoms. The van der Waals surface area contributed by atoms with Crippen LogP contribution < -0.4 is 14.5 Å². The summed E-state index contributed by atoms with van der Waals surface area (Å²) in [5.74, 6) is 0.787. The minimum absolute atomic E-state index is 0.172. The molecule has 0 spiro atoms. The van der Waals surface area contributed by atoms with Gasteiger partial charge in [-0.25, -0.2) is 13.4 Å². The molecule has 3 aromatic rings. The second-order valence-corrected chi connectivity index (χ2v) is 9.43. The molecule has 1 amide bonds. The van der Waals surface area contributed by atoms with Crippen molar-refractivity contribution in [2.75, 3.05) is 34.4 Å². The lowest BCUT2D eigenvalue weighted by molar-refractivity contribution is -0.117. The number of hydrogen-bond acceptors (Lipinski definition) is 6. The Hall–Kier alpha value is -3.46. The van der Waals surface area contributed by atoms with Crippen LogP contribution in [0.1, 0.15) is 12.8 Å². The van der Waals surface area contributed by atoms with E-state index in [9.17, 15) is 13.2 Å². The highest BCUT2D eigenvalue weighted by Crippen LogP contribution is 2.27. The van der Waals surface area contributed by atoms with Crippen molar-refractivity contribution >= 4 is 38.8 Å². The number of carbonyl (C=O) groups excluding carboxylic acids is 1. The molecule has 1 aliphatic heterocycles.